The topological polar surface area (TPSA) is 39.1 Å². The van der Waals surface area contributed by atoms with Crippen molar-refractivity contribution in [1.29, 1.82) is 5.26 Å². The van der Waals surface area contributed by atoms with E-state index >= 15 is 0 Å². The van der Waals surface area contributed by atoms with E-state index in [0.717, 1.165) is 31.5 Å². The largest absolute Gasteiger partial charge is 0.314 e. The van der Waals surface area contributed by atoms with E-state index in [0.29, 0.717) is 0 Å². The fraction of sp³-hybridized carbons (Fsp3) is 0.909. The first kappa shape index (κ1) is 9.95. The third kappa shape index (κ3) is 1.77. The predicted molar refractivity (Wildman–Crippen MR) is 55.8 cm³/mol. The van der Waals surface area contributed by atoms with Crippen LogP contribution < -0.4 is 5.32 Å². The Bertz CT molecular complexity index is 233. The van der Waals surface area contributed by atoms with Crippen LogP contribution in [0.2, 0.25) is 0 Å². The van der Waals surface area contributed by atoms with Crippen LogP contribution in [0.1, 0.15) is 26.2 Å². The molecule has 14 heavy (non-hydrogen) atoms. The molecule has 0 radical (unpaired) electrons. The fourth-order valence-electron chi connectivity index (χ4n) is 2.79. The van der Waals surface area contributed by atoms with E-state index in [9.17, 15) is 0 Å². The lowest BCUT2D eigenvalue weighted by molar-refractivity contribution is 0.136. The molecule has 78 valence electrons. The monoisotopic (exact) mass is 193 g/mol. The van der Waals surface area contributed by atoms with Crippen molar-refractivity contribution in [2.45, 2.75) is 38.3 Å². The number of nitrogens with one attached hydrogen (secondary N) is 1. The minimum Gasteiger partial charge on any atom is -0.314 e. The van der Waals surface area contributed by atoms with Crippen molar-refractivity contribution in [3.05, 3.63) is 0 Å². The molecule has 3 atom stereocenters. The van der Waals surface area contributed by atoms with Gasteiger partial charge in [0, 0.05) is 19.1 Å². The van der Waals surface area contributed by atoms with Crippen LogP contribution in [0, 0.1) is 17.2 Å². The summed E-state index contributed by atoms with van der Waals surface area (Å²) in [6.45, 7) is 5.50. The van der Waals surface area contributed by atoms with E-state index in [4.69, 9.17) is 5.26 Å². The van der Waals surface area contributed by atoms with Crippen LogP contribution in [-0.4, -0.2) is 36.6 Å². The molecule has 3 unspecified atom stereocenters. The van der Waals surface area contributed by atoms with Gasteiger partial charge in [0.25, 0.3) is 0 Å². The van der Waals surface area contributed by atoms with Gasteiger partial charge in [-0.1, -0.05) is 6.92 Å². The normalized spacial score (nSPS) is 34.9. The van der Waals surface area contributed by atoms with Crippen LogP contribution in [-0.2, 0) is 0 Å². The average molecular weight is 193 g/mol. The standard InChI is InChI=1S/C11H19N3/c1-2-10(7-12)14-6-4-11-9(8-14)3-5-13-11/h9-11,13H,2-6,8H2,1H3. The molecule has 0 saturated carbocycles. The Kier molecular flexibility index (Phi) is 3.05. The molecule has 2 fully saturated rings. The average Bonchev–Trinajstić information content (AvgIpc) is 2.66. The van der Waals surface area contributed by atoms with Gasteiger partial charge in [-0.2, -0.15) is 5.26 Å². The number of hydrogen-bond donors (Lipinski definition) is 1. The number of fused-ring (bicyclic) bond motifs is 1. The third-order valence-electron chi connectivity index (χ3n) is 3.66. The van der Waals surface area contributed by atoms with Crippen molar-refractivity contribution in [2.75, 3.05) is 19.6 Å². The van der Waals surface area contributed by atoms with Crippen molar-refractivity contribution in [3.63, 3.8) is 0 Å². The smallest absolute Gasteiger partial charge is 0.0975 e. The first-order chi connectivity index (χ1) is 6.85. The van der Waals surface area contributed by atoms with Gasteiger partial charge in [0.05, 0.1) is 12.1 Å². The van der Waals surface area contributed by atoms with Crippen LogP contribution in [0.5, 0.6) is 0 Å². The second-order valence-corrected chi connectivity index (χ2v) is 4.45. The van der Waals surface area contributed by atoms with Gasteiger partial charge < -0.3 is 5.32 Å². The molecule has 0 aromatic carbocycles. The molecule has 2 heterocycles. The summed E-state index contributed by atoms with van der Waals surface area (Å²) in [5.41, 5.74) is 0. The first-order valence-corrected chi connectivity index (χ1v) is 5.72. The predicted octanol–water partition coefficient (Wildman–Crippen LogP) is 0.972. The summed E-state index contributed by atoms with van der Waals surface area (Å²) in [5, 5.41) is 12.6. The molecular formula is C11H19N3. The van der Waals surface area contributed by atoms with Gasteiger partial charge in [-0.3, -0.25) is 4.90 Å². The molecule has 0 aromatic rings. The number of hydrogen-bond acceptors (Lipinski definition) is 3. The van der Waals surface area contributed by atoms with Crippen molar-refractivity contribution >= 4 is 0 Å². The van der Waals surface area contributed by atoms with E-state index in [-0.39, 0.29) is 6.04 Å². The zero-order valence-corrected chi connectivity index (χ0v) is 8.87. The van der Waals surface area contributed by atoms with E-state index in [1.54, 1.807) is 0 Å². The second kappa shape index (κ2) is 4.29. The maximum atomic E-state index is 9.01. The van der Waals surface area contributed by atoms with Crippen molar-refractivity contribution in [1.82, 2.24) is 10.2 Å². The van der Waals surface area contributed by atoms with E-state index in [2.05, 4.69) is 23.2 Å². The van der Waals surface area contributed by atoms with Crippen molar-refractivity contribution in [3.8, 4) is 6.07 Å². The summed E-state index contributed by atoms with van der Waals surface area (Å²) in [6.07, 6.45) is 3.48. The number of piperidine rings is 1. The Morgan fingerprint density at radius 2 is 2.43 bits per heavy atom. The summed E-state index contributed by atoms with van der Waals surface area (Å²) in [7, 11) is 0. The number of nitriles is 1. The molecule has 2 aliphatic heterocycles. The molecular weight excluding hydrogens is 174 g/mol. The highest BCUT2D eigenvalue weighted by Crippen LogP contribution is 2.26. The SMILES string of the molecule is CCC(C#N)N1CCC2NCCC2C1. The van der Waals surface area contributed by atoms with E-state index < -0.39 is 0 Å². The van der Waals surface area contributed by atoms with Gasteiger partial charge in [0.1, 0.15) is 0 Å². The zero-order valence-electron chi connectivity index (χ0n) is 8.87. The highest BCUT2D eigenvalue weighted by molar-refractivity contribution is 4.97. The van der Waals surface area contributed by atoms with Gasteiger partial charge in [-0.25, -0.2) is 0 Å². The van der Waals surface area contributed by atoms with Crippen LogP contribution in [0.25, 0.3) is 0 Å². The van der Waals surface area contributed by atoms with E-state index in [1.165, 1.54) is 19.4 Å². The van der Waals surface area contributed by atoms with Gasteiger partial charge in [-0.15, -0.1) is 0 Å². The van der Waals surface area contributed by atoms with Gasteiger partial charge in [0.2, 0.25) is 0 Å². The lowest BCUT2D eigenvalue weighted by Gasteiger charge is -2.36. The maximum Gasteiger partial charge on any atom is 0.0975 e. The summed E-state index contributed by atoms with van der Waals surface area (Å²) < 4.78 is 0. The summed E-state index contributed by atoms with van der Waals surface area (Å²) >= 11 is 0. The van der Waals surface area contributed by atoms with Crippen molar-refractivity contribution < 1.29 is 0 Å². The molecule has 0 aliphatic carbocycles. The first-order valence-electron chi connectivity index (χ1n) is 5.72. The Balaban J connectivity index is 1.94. The number of likely N-dealkylation sites (tertiary alicyclic amines) is 1. The molecule has 2 rings (SSSR count). The number of rotatable bonds is 2. The van der Waals surface area contributed by atoms with Crippen LogP contribution in [0.3, 0.4) is 0 Å². The molecule has 2 saturated heterocycles. The lowest BCUT2D eigenvalue weighted by atomic mass is 9.92. The third-order valence-corrected chi connectivity index (χ3v) is 3.66. The highest BCUT2D eigenvalue weighted by Gasteiger charge is 2.34. The molecule has 3 heteroatoms. The molecule has 0 bridgehead atoms. The van der Waals surface area contributed by atoms with Gasteiger partial charge >= 0.3 is 0 Å². The molecule has 1 N–H and O–H groups in total. The Morgan fingerprint density at radius 1 is 1.57 bits per heavy atom. The fourth-order valence-corrected chi connectivity index (χ4v) is 2.79. The molecule has 0 amide bonds. The van der Waals surface area contributed by atoms with Crippen molar-refractivity contribution in [2.24, 2.45) is 5.92 Å². The summed E-state index contributed by atoms with van der Waals surface area (Å²) in [4.78, 5) is 2.37. The van der Waals surface area contributed by atoms with Crippen LogP contribution in [0.4, 0.5) is 0 Å². The molecule has 2 aliphatic rings. The molecule has 0 aromatic heterocycles. The zero-order chi connectivity index (χ0) is 9.97. The Hall–Kier alpha value is -0.590. The maximum absolute atomic E-state index is 9.01. The lowest BCUT2D eigenvalue weighted by Crippen LogP contribution is -2.48. The summed E-state index contributed by atoms with van der Waals surface area (Å²) in [6, 6.07) is 3.29. The highest BCUT2D eigenvalue weighted by atomic mass is 15.2. The minimum absolute atomic E-state index is 0.150. The molecule has 3 nitrogen and oxygen atoms in total. The second-order valence-electron chi connectivity index (χ2n) is 4.45. The summed E-state index contributed by atoms with van der Waals surface area (Å²) in [5.74, 6) is 0.797. The van der Waals surface area contributed by atoms with Crippen LogP contribution >= 0.6 is 0 Å². The van der Waals surface area contributed by atoms with Crippen LogP contribution in [0.15, 0.2) is 0 Å². The Morgan fingerprint density at radius 3 is 3.14 bits per heavy atom. The van der Waals surface area contributed by atoms with Gasteiger partial charge in [0.15, 0.2) is 0 Å². The quantitative estimate of drug-likeness (QED) is 0.710. The number of nitrogens with zero attached hydrogens (tertiary/aromatic N) is 2. The Labute approximate surface area is 86.1 Å². The van der Waals surface area contributed by atoms with Gasteiger partial charge in [-0.05, 0) is 31.7 Å². The molecule has 0 spiro atoms. The van der Waals surface area contributed by atoms with E-state index in [1.807, 2.05) is 0 Å². The minimum atomic E-state index is 0.150.